The van der Waals surface area contributed by atoms with Crippen LogP contribution in [-0.2, 0) is 4.79 Å². The van der Waals surface area contributed by atoms with E-state index in [1.165, 1.54) is 0 Å². The van der Waals surface area contributed by atoms with Crippen LogP contribution in [-0.4, -0.2) is 40.1 Å². The summed E-state index contributed by atoms with van der Waals surface area (Å²) in [4.78, 5) is 24.5. The lowest BCUT2D eigenvalue weighted by Gasteiger charge is -2.19. The molecule has 1 aromatic rings. The number of carbonyl (C=O) groups excluding carboxylic acids is 2. The second-order valence-electron chi connectivity index (χ2n) is 5.73. The Hall–Kier alpha value is -1.22. The molecule has 0 aromatic heterocycles. The van der Waals surface area contributed by atoms with Crippen LogP contribution in [0.3, 0.4) is 0 Å². The Kier molecular flexibility index (Phi) is 8.61. The second kappa shape index (κ2) is 9.93. The fourth-order valence-corrected chi connectivity index (χ4v) is 3.02. The van der Waals surface area contributed by atoms with Crippen molar-refractivity contribution in [2.24, 2.45) is 5.73 Å². The SMILES string of the molecule is Cc1cccc(C(=O)NNC(=O)C(O)[C@H](N)CCSC(C)C)c1S. The monoisotopic (exact) mass is 371 g/mol. The van der Waals surface area contributed by atoms with Crippen molar-refractivity contribution < 1.29 is 14.7 Å². The van der Waals surface area contributed by atoms with E-state index in [4.69, 9.17) is 5.73 Å². The first-order valence-electron chi connectivity index (χ1n) is 7.68. The molecule has 0 aliphatic carbocycles. The molecule has 0 saturated carbocycles. The third-order valence-electron chi connectivity index (χ3n) is 3.36. The first-order valence-corrected chi connectivity index (χ1v) is 9.17. The van der Waals surface area contributed by atoms with Gasteiger partial charge >= 0.3 is 0 Å². The summed E-state index contributed by atoms with van der Waals surface area (Å²) in [5, 5.41) is 10.4. The third kappa shape index (κ3) is 6.35. The van der Waals surface area contributed by atoms with Crippen LogP contribution in [0, 0.1) is 6.92 Å². The molecular formula is C16H25N3O3S2. The van der Waals surface area contributed by atoms with E-state index in [2.05, 4.69) is 37.3 Å². The molecular weight excluding hydrogens is 346 g/mol. The van der Waals surface area contributed by atoms with E-state index in [1.54, 1.807) is 23.9 Å². The molecule has 134 valence electrons. The molecule has 5 N–H and O–H groups in total. The number of benzene rings is 1. The quantitative estimate of drug-likeness (QED) is 0.367. The van der Waals surface area contributed by atoms with E-state index in [1.807, 2.05) is 13.0 Å². The number of aliphatic hydroxyl groups excluding tert-OH is 1. The molecule has 0 fully saturated rings. The summed E-state index contributed by atoms with van der Waals surface area (Å²) in [5.74, 6) is -0.492. The minimum absolute atomic E-state index is 0.339. The average Bonchev–Trinajstić information content (AvgIpc) is 2.53. The van der Waals surface area contributed by atoms with Crippen LogP contribution in [0.15, 0.2) is 23.1 Å². The molecule has 1 rings (SSSR count). The number of carbonyl (C=O) groups is 2. The van der Waals surface area contributed by atoms with Gasteiger partial charge in [-0.25, -0.2) is 0 Å². The second-order valence-corrected chi connectivity index (χ2v) is 7.86. The predicted molar refractivity (Wildman–Crippen MR) is 100 cm³/mol. The van der Waals surface area contributed by atoms with Crippen molar-refractivity contribution in [3.05, 3.63) is 29.3 Å². The zero-order chi connectivity index (χ0) is 18.3. The summed E-state index contributed by atoms with van der Waals surface area (Å²) in [5.41, 5.74) is 11.5. The minimum Gasteiger partial charge on any atom is -0.382 e. The van der Waals surface area contributed by atoms with Crippen LogP contribution < -0.4 is 16.6 Å². The third-order valence-corrected chi connectivity index (χ3v) is 5.09. The maximum Gasteiger partial charge on any atom is 0.270 e. The number of rotatable bonds is 7. The van der Waals surface area contributed by atoms with Gasteiger partial charge in [0.1, 0.15) is 6.10 Å². The number of nitrogens with one attached hydrogen (secondary N) is 2. The minimum atomic E-state index is -1.38. The van der Waals surface area contributed by atoms with Gasteiger partial charge in [0.25, 0.3) is 11.8 Å². The van der Waals surface area contributed by atoms with E-state index in [0.29, 0.717) is 22.1 Å². The van der Waals surface area contributed by atoms with Gasteiger partial charge in [0.05, 0.1) is 5.56 Å². The van der Waals surface area contributed by atoms with Gasteiger partial charge in [0.15, 0.2) is 0 Å². The predicted octanol–water partition coefficient (Wildman–Crippen LogP) is 1.26. The first-order chi connectivity index (χ1) is 11.2. The number of hydrazine groups is 1. The molecule has 0 spiro atoms. The van der Waals surface area contributed by atoms with Crippen molar-refractivity contribution in [2.45, 2.75) is 49.5 Å². The molecule has 2 amide bonds. The lowest BCUT2D eigenvalue weighted by atomic mass is 10.1. The van der Waals surface area contributed by atoms with Gasteiger partial charge in [-0.1, -0.05) is 26.0 Å². The number of aliphatic hydroxyl groups is 1. The Balaban J connectivity index is 2.49. The fourth-order valence-electron chi connectivity index (χ4n) is 1.89. The molecule has 24 heavy (non-hydrogen) atoms. The Morgan fingerprint density at radius 3 is 2.62 bits per heavy atom. The Morgan fingerprint density at radius 2 is 2.00 bits per heavy atom. The maximum atomic E-state index is 12.1. The molecule has 0 heterocycles. The molecule has 8 heteroatoms. The number of thiol groups is 1. The van der Waals surface area contributed by atoms with Crippen LogP contribution in [0.4, 0.5) is 0 Å². The standard InChI is InChI=1S/C16H25N3O3S2/c1-9(2)24-8-7-12(17)13(20)16(22)19-18-15(21)11-6-4-5-10(3)14(11)23/h4-6,9,12-13,20,23H,7-8,17H2,1-3H3,(H,18,21)(H,19,22)/t12-,13?/m1/s1. The number of nitrogens with two attached hydrogens (primary N) is 1. The van der Waals surface area contributed by atoms with E-state index in [9.17, 15) is 14.7 Å². The van der Waals surface area contributed by atoms with E-state index in [-0.39, 0.29) is 0 Å². The van der Waals surface area contributed by atoms with Crippen molar-refractivity contribution in [3.63, 3.8) is 0 Å². The Labute approximate surface area is 152 Å². The normalized spacial score (nSPS) is 13.5. The van der Waals surface area contributed by atoms with Gasteiger partial charge in [-0.2, -0.15) is 11.8 Å². The molecule has 2 atom stereocenters. The highest BCUT2D eigenvalue weighted by atomic mass is 32.2. The number of hydrogen-bond donors (Lipinski definition) is 5. The van der Waals surface area contributed by atoms with Gasteiger partial charge in [-0.3, -0.25) is 20.4 Å². The highest BCUT2D eigenvalue weighted by molar-refractivity contribution is 7.99. The van der Waals surface area contributed by atoms with E-state index >= 15 is 0 Å². The molecule has 0 aliphatic rings. The molecule has 0 saturated heterocycles. The molecule has 6 nitrogen and oxygen atoms in total. The highest BCUT2D eigenvalue weighted by Gasteiger charge is 2.23. The van der Waals surface area contributed by atoms with Crippen molar-refractivity contribution >= 4 is 36.2 Å². The fraction of sp³-hybridized carbons (Fsp3) is 0.500. The van der Waals surface area contributed by atoms with Gasteiger partial charge in [0.2, 0.25) is 0 Å². The Morgan fingerprint density at radius 1 is 1.33 bits per heavy atom. The van der Waals surface area contributed by atoms with Crippen LogP contribution in [0.2, 0.25) is 0 Å². The number of aryl methyl sites for hydroxylation is 1. The van der Waals surface area contributed by atoms with Crippen LogP contribution in [0.5, 0.6) is 0 Å². The van der Waals surface area contributed by atoms with Gasteiger partial charge in [0, 0.05) is 10.9 Å². The molecule has 0 radical (unpaired) electrons. The number of thioether (sulfide) groups is 1. The topological polar surface area (TPSA) is 104 Å². The van der Waals surface area contributed by atoms with E-state index < -0.39 is 24.0 Å². The zero-order valence-electron chi connectivity index (χ0n) is 14.1. The van der Waals surface area contributed by atoms with Crippen LogP contribution in [0.1, 0.15) is 36.2 Å². The first kappa shape index (κ1) is 20.8. The van der Waals surface area contributed by atoms with Crippen LogP contribution >= 0.6 is 24.4 Å². The lowest BCUT2D eigenvalue weighted by Crippen LogP contribution is -2.52. The molecule has 1 unspecified atom stereocenters. The van der Waals surface area contributed by atoms with Crippen molar-refractivity contribution in [1.29, 1.82) is 0 Å². The number of hydrogen-bond acceptors (Lipinski definition) is 6. The Bertz CT molecular complexity index is 582. The largest absolute Gasteiger partial charge is 0.382 e. The van der Waals surface area contributed by atoms with E-state index in [0.717, 1.165) is 11.3 Å². The number of amides is 2. The smallest absolute Gasteiger partial charge is 0.270 e. The molecule has 0 aliphatic heterocycles. The van der Waals surface area contributed by atoms with Crippen molar-refractivity contribution in [3.8, 4) is 0 Å². The summed E-state index contributed by atoms with van der Waals surface area (Å²) < 4.78 is 0. The van der Waals surface area contributed by atoms with Crippen molar-refractivity contribution in [2.75, 3.05) is 5.75 Å². The summed E-state index contributed by atoms with van der Waals surface area (Å²) in [6.07, 6.45) is -0.879. The van der Waals surface area contributed by atoms with Crippen LogP contribution in [0.25, 0.3) is 0 Å². The molecule has 1 aromatic carbocycles. The van der Waals surface area contributed by atoms with Crippen molar-refractivity contribution in [1.82, 2.24) is 10.9 Å². The average molecular weight is 372 g/mol. The highest BCUT2D eigenvalue weighted by Crippen LogP contribution is 2.17. The summed E-state index contributed by atoms with van der Waals surface area (Å²) >= 11 is 5.98. The van der Waals surface area contributed by atoms with Gasteiger partial charge in [-0.05, 0) is 36.0 Å². The lowest BCUT2D eigenvalue weighted by molar-refractivity contribution is -0.131. The summed E-state index contributed by atoms with van der Waals surface area (Å²) in [7, 11) is 0. The molecule has 0 bridgehead atoms. The summed E-state index contributed by atoms with van der Waals surface area (Å²) in [6.45, 7) is 5.96. The zero-order valence-corrected chi connectivity index (χ0v) is 15.8. The van der Waals surface area contributed by atoms with Gasteiger partial charge < -0.3 is 10.8 Å². The summed E-state index contributed by atoms with van der Waals surface area (Å²) in [6, 6.07) is 4.47. The maximum absolute atomic E-state index is 12.1. The van der Waals surface area contributed by atoms with Gasteiger partial charge in [-0.15, -0.1) is 12.6 Å².